The molecule has 3 heteroatoms. The molecule has 0 radical (unpaired) electrons. The van der Waals surface area contributed by atoms with E-state index >= 15 is 0 Å². The van der Waals surface area contributed by atoms with Crippen molar-refractivity contribution in [2.45, 2.75) is 0 Å². The minimum Gasteiger partial charge on any atom is -0.455 e. The van der Waals surface area contributed by atoms with Gasteiger partial charge in [-0.05, 0) is 92.8 Å². The van der Waals surface area contributed by atoms with Gasteiger partial charge in [0.2, 0.25) is 0 Å². The van der Waals surface area contributed by atoms with Gasteiger partial charge in [0.15, 0.2) is 0 Å². The lowest BCUT2D eigenvalue weighted by atomic mass is 9.98. The van der Waals surface area contributed by atoms with Gasteiger partial charge in [-0.15, -0.1) is 11.3 Å². The number of rotatable bonds is 5. The molecule has 11 rings (SSSR count). The number of fused-ring (bicyclic) bond motifs is 9. The summed E-state index contributed by atoms with van der Waals surface area (Å²) in [4.78, 5) is 2.43. The van der Waals surface area contributed by atoms with E-state index in [9.17, 15) is 0 Å². The van der Waals surface area contributed by atoms with Gasteiger partial charge < -0.3 is 9.32 Å². The van der Waals surface area contributed by atoms with Crippen molar-refractivity contribution >= 4 is 92.1 Å². The van der Waals surface area contributed by atoms with Gasteiger partial charge in [-0.2, -0.15) is 0 Å². The first-order valence-electron chi connectivity index (χ1n) is 18.0. The number of furan rings is 1. The molecule has 53 heavy (non-hydrogen) atoms. The van der Waals surface area contributed by atoms with Gasteiger partial charge in [0.05, 0.1) is 11.1 Å². The van der Waals surface area contributed by atoms with Crippen LogP contribution >= 0.6 is 11.3 Å². The fraction of sp³-hybridized carbons (Fsp3) is 0. The molecule has 0 fully saturated rings. The lowest BCUT2D eigenvalue weighted by Crippen LogP contribution is -2.10. The number of thiophene rings is 1. The molecule has 0 aliphatic heterocycles. The smallest absolute Gasteiger partial charge is 0.145 e. The maximum atomic E-state index is 6.77. The molecule has 0 spiro atoms. The van der Waals surface area contributed by atoms with Crippen LogP contribution in [0.3, 0.4) is 0 Å². The van der Waals surface area contributed by atoms with E-state index in [1.807, 2.05) is 11.3 Å². The summed E-state index contributed by atoms with van der Waals surface area (Å²) in [7, 11) is 0. The molecule has 2 nitrogen and oxygen atoms in total. The average Bonchev–Trinajstić information content (AvgIpc) is 3.80. The van der Waals surface area contributed by atoms with Crippen LogP contribution in [0, 0.1) is 0 Å². The number of benzene rings is 9. The molecule has 0 atom stereocenters. The van der Waals surface area contributed by atoms with E-state index in [-0.39, 0.29) is 0 Å². The molecule has 11 aromatic rings. The van der Waals surface area contributed by atoms with E-state index in [2.05, 4.69) is 193 Å². The average molecular weight is 694 g/mol. The third kappa shape index (κ3) is 4.86. The summed E-state index contributed by atoms with van der Waals surface area (Å²) in [6, 6.07) is 68.0. The minimum absolute atomic E-state index is 0.880. The van der Waals surface area contributed by atoms with E-state index in [4.69, 9.17) is 4.42 Å². The Balaban J connectivity index is 1.19. The van der Waals surface area contributed by atoms with Crippen molar-refractivity contribution in [1.29, 1.82) is 0 Å². The van der Waals surface area contributed by atoms with Crippen molar-refractivity contribution in [3.63, 3.8) is 0 Å². The highest BCUT2D eigenvalue weighted by Crippen LogP contribution is 2.48. The maximum absolute atomic E-state index is 6.77. The Hall–Kier alpha value is -6.68. The first-order valence-corrected chi connectivity index (χ1v) is 18.8. The lowest BCUT2D eigenvalue weighted by molar-refractivity contribution is 0.670. The second-order valence-corrected chi connectivity index (χ2v) is 14.8. The molecular formula is C50H31NOS. The number of para-hydroxylation sites is 1. The van der Waals surface area contributed by atoms with Gasteiger partial charge in [0, 0.05) is 42.5 Å². The van der Waals surface area contributed by atoms with E-state index in [1.54, 1.807) is 0 Å². The van der Waals surface area contributed by atoms with Crippen LogP contribution in [-0.2, 0) is 0 Å². The van der Waals surface area contributed by atoms with Gasteiger partial charge in [-0.1, -0.05) is 133 Å². The van der Waals surface area contributed by atoms with Crippen molar-refractivity contribution in [2.24, 2.45) is 0 Å². The largest absolute Gasteiger partial charge is 0.455 e. The first kappa shape index (κ1) is 30.0. The second-order valence-electron chi connectivity index (χ2n) is 13.7. The fourth-order valence-electron chi connectivity index (χ4n) is 8.11. The monoisotopic (exact) mass is 693 g/mol. The summed E-state index contributed by atoms with van der Waals surface area (Å²) in [6.45, 7) is 0. The zero-order valence-corrected chi connectivity index (χ0v) is 29.5. The molecule has 0 aliphatic carbocycles. The van der Waals surface area contributed by atoms with Crippen LogP contribution in [0.5, 0.6) is 0 Å². The second kappa shape index (κ2) is 11.9. The molecule has 0 amide bonds. The third-order valence-corrected chi connectivity index (χ3v) is 11.8. The van der Waals surface area contributed by atoms with E-state index in [0.29, 0.717) is 0 Å². The summed E-state index contributed by atoms with van der Waals surface area (Å²) >= 11 is 1.86. The predicted octanol–water partition coefficient (Wildman–Crippen LogP) is 15.1. The normalized spacial score (nSPS) is 11.8. The summed E-state index contributed by atoms with van der Waals surface area (Å²) in [5, 5.41) is 9.67. The highest BCUT2D eigenvalue weighted by Gasteiger charge is 2.23. The van der Waals surface area contributed by atoms with Gasteiger partial charge in [-0.25, -0.2) is 0 Å². The Labute approximate surface area is 310 Å². The minimum atomic E-state index is 0.880. The standard InChI is InChI=1S/C50H31NOS/c1-3-11-32(12-4-1)36-22-25-41-44-31-38(24-28-47(44)53-48(41)29-36)51(37-23-21-35-20-19-34-15-7-8-16-39(34)43(35)30-37)45-27-26-40(33-13-5-2-6-14-33)50-49(45)42-17-9-10-18-46(42)52-50/h1-31H. The molecule has 0 bridgehead atoms. The Morgan fingerprint density at radius 2 is 1.06 bits per heavy atom. The molecular weight excluding hydrogens is 663 g/mol. The molecule has 0 saturated heterocycles. The van der Waals surface area contributed by atoms with Gasteiger partial charge in [0.1, 0.15) is 11.2 Å². The van der Waals surface area contributed by atoms with Gasteiger partial charge in [-0.3, -0.25) is 0 Å². The molecule has 0 aliphatic rings. The third-order valence-electron chi connectivity index (χ3n) is 10.6. The molecule has 9 aromatic carbocycles. The zero-order chi connectivity index (χ0) is 34.9. The Morgan fingerprint density at radius 1 is 0.396 bits per heavy atom. The summed E-state index contributed by atoms with van der Waals surface area (Å²) in [5.41, 5.74) is 9.73. The lowest BCUT2D eigenvalue weighted by Gasteiger charge is -2.27. The topological polar surface area (TPSA) is 16.4 Å². The van der Waals surface area contributed by atoms with Crippen LogP contribution in [0.15, 0.2) is 192 Å². The van der Waals surface area contributed by atoms with Gasteiger partial charge in [0.25, 0.3) is 0 Å². The molecule has 2 heterocycles. The quantitative estimate of drug-likeness (QED) is 0.167. The van der Waals surface area contributed by atoms with Crippen molar-refractivity contribution in [3.05, 3.63) is 188 Å². The number of hydrogen-bond donors (Lipinski definition) is 0. The van der Waals surface area contributed by atoms with Crippen LogP contribution < -0.4 is 4.90 Å². The highest BCUT2D eigenvalue weighted by molar-refractivity contribution is 7.25. The van der Waals surface area contributed by atoms with Crippen LogP contribution in [0.2, 0.25) is 0 Å². The summed E-state index contributed by atoms with van der Waals surface area (Å²) < 4.78 is 9.33. The predicted molar refractivity (Wildman–Crippen MR) is 227 cm³/mol. The van der Waals surface area contributed by atoms with Crippen LogP contribution in [0.1, 0.15) is 0 Å². The van der Waals surface area contributed by atoms with Crippen LogP contribution in [-0.4, -0.2) is 0 Å². The van der Waals surface area contributed by atoms with Crippen molar-refractivity contribution in [3.8, 4) is 22.3 Å². The fourth-order valence-corrected chi connectivity index (χ4v) is 9.24. The Morgan fingerprint density at radius 3 is 1.89 bits per heavy atom. The highest BCUT2D eigenvalue weighted by atomic mass is 32.1. The molecule has 2 aromatic heterocycles. The number of nitrogens with zero attached hydrogens (tertiary/aromatic N) is 1. The van der Waals surface area contributed by atoms with Crippen LogP contribution in [0.4, 0.5) is 17.1 Å². The first-order chi connectivity index (χ1) is 26.3. The molecule has 0 N–H and O–H groups in total. The molecule has 248 valence electrons. The Bertz CT molecular complexity index is 3180. The van der Waals surface area contributed by atoms with Crippen LogP contribution in [0.25, 0.3) is 85.9 Å². The molecule has 0 saturated carbocycles. The summed E-state index contributed by atoms with van der Waals surface area (Å²) in [5.74, 6) is 0. The van der Waals surface area contributed by atoms with Crippen molar-refractivity contribution < 1.29 is 4.42 Å². The number of anilines is 3. The van der Waals surface area contributed by atoms with Crippen molar-refractivity contribution in [2.75, 3.05) is 4.90 Å². The van der Waals surface area contributed by atoms with E-state index < -0.39 is 0 Å². The Kier molecular flexibility index (Phi) is 6.76. The van der Waals surface area contributed by atoms with Crippen molar-refractivity contribution in [1.82, 2.24) is 0 Å². The SMILES string of the molecule is c1ccc(-c2ccc3c(c2)sc2ccc(N(c4ccc5ccc6ccccc6c5c4)c4ccc(-c5ccccc5)c5oc6ccccc6c45)cc23)cc1. The van der Waals surface area contributed by atoms with E-state index in [1.165, 1.54) is 52.8 Å². The van der Waals surface area contributed by atoms with Gasteiger partial charge >= 0.3 is 0 Å². The zero-order valence-electron chi connectivity index (χ0n) is 28.7. The summed E-state index contributed by atoms with van der Waals surface area (Å²) in [6.07, 6.45) is 0. The number of hydrogen-bond acceptors (Lipinski definition) is 3. The van der Waals surface area contributed by atoms with E-state index in [0.717, 1.165) is 50.1 Å². The molecule has 0 unspecified atom stereocenters. The maximum Gasteiger partial charge on any atom is 0.145 e.